The molecule has 7 N–H and O–H groups in total. The first-order chi connectivity index (χ1) is 68.7. The highest BCUT2D eigenvalue weighted by atomic mass is 16.5. The van der Waals surface area contributed by atoms with Gasteiger partial charge in [-0.25, -0.2) is 0 Å². The zero-order valence-corrected chi connectivity index (χ0v) is 93.0. The van der Waals surface area contributed by atoms with Crippen LogP contribution in [0.5, 0.6) is 0 Å². The first kappa shape index (κ1) is 110. The highest BCUT2D eigenvalue weighted by molar-refractivity contribution is 5.80. The summed E-state index contributed by atoms with van der Waals surface area (Å²) in [6, 6.07) is 43.6. The lowest BCUT2D eigenvalue weighted by Crippen LogP contribution is -2.62. The smallest absolute Gasteiger partial charge is 0.305 e. The molecule has 4 aromatic carbocycles. The summed E-state index contributed by atoms with van der Waals surface area (Å²) < 4.78 is 11.4. The maximum atomic E-state index is 12.7. The van der Waals surface area contributed by atoms with E-state index in [9.17, 15) is 45.0 Å². The van der Waals surface area contributed by atoms with Gasteiger partial charge in [0, 0.05) is 25.7 Å². The largest absolute Gasteiger partial charge is 0.481 e. The second-order valence-electron chi connectivity index (χ2n) is 54.6. The molecule has 0 radical (unpaired) electrons. The van der Waals surface area contributed by atoms with Gasteiger partial charge >= 0.3 is 17.9 Å². The minimum atomic E-state index is -0.683. The summed E-state index contributed by atoms with van der Waals surface area (Å²) in [7, 11) is 1.48. The van der Waals surface area contributed by atoms with Crippen molar-refractivity contribution in [3.63, 3.8) is 0 Å². The van der Waals surface area contributed by atoms with Crippen LogP contribution in [0.3, 0.4) is 0 Å². The number of carbonyl (C=O) groups excluding carboxylic acids is 2. The average molecular weight is 1980 g/mol. The molecular formula is C132H198O12. The predicted molar refractivity (Wildman–Crippen MR) is 584 cm³/mol. The van der Waals surface area contributed by atoms with Gasteiger partial charge in [0.1, 0.15) is 6.10 Å². The molecule has 12 nitrogen and oxygen atoms in total. The molecule has 0 spiro atoms. The minimum absolute atomic E-state index is 0.0654. The third-order valence-electron chi connectivity index (χ3n) is 48.7. The molecule has 44 atom stereocenters. The number of rotatable bonds is 23. The van der Waals surface area contributed by atoms with Crippen LogP contribution in [0.1, 0.15) is 391 Å². The summed E-state index contributed by atoms with van der Waals surface area (Å²) in [6.45, 7) is 43.3. The maximum Gasteiger partial charge on any atom is 0.305 e. The molecule has 12 heteroatoms. The van der Waals surface area contributed by atoms with E-state index in [2.05, 4.69) is 251 Å². The normalized spacial score (nSPS) is 44.7. The van der Waals surface area contributed by atoms with E-state index in [0.717, 1.165) is 115 Å². The van der Waals surface area contributed by atoms with Gasteiger partial charge in [-0.2, -0.15) is 0 Å². The third-order valence-corrected chi connectivity index (χ3v) is 48.7. The number of methoxy groups -OCH3 is 1. The fraction of sp³-hybridized carbons (Fsp3) is 0.765. The van der Waals surface area contributed by atoms with Gasteiger partial charge in [-0.15, -0.1) is 0 Å². The van der Waals surface area contributed by atoms with E-state index in [1.54, 1.807) is 6.92 Å². The van der Waals surface area contributed by atoms with E-state index in [4.69, 9.17) is 14.6 Å². The van der Waals surface area contributed by atoms with Crippen LogP contribution in [0, 0.1) is 215 Å². The van der Waals surface area contributed by atoms with Crippen LogP contribution in [0.25, 0.3) is 11.1 Å². The van der Waals surface area contributed by atoms with Crippen molar-refractivity contribution >= 4 is 29.1 Å². The van der Waals surface area contributed by atoms with E-state index in [0.29, 0.717) is 188 Å². The van der Waals surface area contributed by atoms with Gasteiger partial charge in [0.05, 0.1) is 43.7 Å². The fourth-order valence-electron chi connectivity index (χ4n) is 41.7. The molecule has 144 heavy (non-hydrogen) atoms. The SMILES string of the molecule is CC[C@H]1[C@@H](O)C2C3CC[C@H]([C@H](C)CC=C(c4ccccc4)c4ccccc4)[C@@]3(C)CCC2[C@@]2(C)CC[C@@H](O)C[C@@H]12.CC[C@H]1[C@@H](O)C2C3CC[C@H]([C@H](C)CCC(=O)O)[C@@]3(C)CCC2[C@@]2(C)CC[C@@H](O)C[C@@H]12.CC[C@H]1[C@@H](O)C2C3CC[C@H]([C@H](C)CCC(=O)OC)[C@@]3(C)CCC2[C@@]2(C)CC[C@@H](O)C[C@@H]12.CC[C@H]1[C@@H](OC(C)=O)C2C3CC[C@H]([C@H](C)CC=C(c4ccccc4)c4ccccc4)[C@@]3(C)CCC2[C@@]2(C)CC[C@@H](C)C[C@@H]12. The van der Waals surface area contributed by atoms with Crippen molar-refractivity contribution in [2.24, 2.45) is 215 Å². The Bertz CT molecular complexity index is 4870. The van der Waals surface area contributed by atoms with E-state index in [1.807, 2.05) is 0 Å². The predicted octanol–water partition coefficient (Wildman–Crippen LogP) is 29.7. The van der Waals surface area contributed by atoms with Gasteiger partial charge in [-0.05, 0) is 448 Å². The van der Waals surface area contributed by atoms with Crippen molar-refractivity contribution in [1.82, 2.24) is 0 Å². The molecule has 0 amide bonds. The van der Waals surface area contributed by atoms with Gasteiger partial charge in [0.2, 0.25) is 0 Å². The Morgan fingerprint density at radius 3 is 0.910 bits per heavy atom. The summed E-state index contributed by atoms with van der Waals surface area (Å²) in [5.41, 5.74) is 10.2. The number of carboxylic acids is 1. The van der Waals surface area contributed by atoms with Crippen molar-refractivity contribution in [2.45, 2.75) is 411 Å². The first-order valence-corrected chi connectivity index (χ1v) is 59.9. The van der Waals surface area contributed by atoms with Gasteiger partial charge in [0.15, 0.2) is 0 Å². The molecule has 16 saturated carbocycles. The second-order valence-corrected chi connectivity index (χ2v) is 54.6. The number of carboxylic acid groups (broad SMARTS) is 1. The number of aliphatic hydroxyl groups excluding tert-OH is 6. The van der Waals surface area contributed by atoms with Gasteiger partial charge in [-0.3, -0.25) is 14.4 Å². The van der Waals surface area contributed by atoms with Gasteiger partial charge < -0.3 is 45.2 Å². The molecule has 798 valence electrons. The third kappa shape index (κ3) is 20.2. The van der Waals surface area contributed by atoms with Gasteiger partial charge in [0.25, 0.3) is 0 Å². The Morgan fingerprint density at radius 2 is 0.611 bits per heavy atom. The zero-order chi connectivity index (χ0) is 103. The Hall–Kier alpha value is -5.47. The summed E-state index contributed by atoms with van der Waals surface area (Å²) in [4.78, 5) is 35.5. The minimum Gasteiger partial charge on any atom is -0.481 e. The summed E-state index contributed by atoms with van der Waals surface area (Å²) in [5, 5.41) is 76.1. The lowest BCUT2D eigenvalue weighted by molar-refractivity contribution is -0.213. The number of hydrogen-bond donors (Lipinski definition) is 7. The topological polar surface area (TPSA) is 211 Å². The number of aliphatic hydroxyl groups is 6. The Morgan fingerprint density at radius 1 is 0.340 bits per heavy atom. The van der Waals surface area contributed by atoms with Crippen molar-refractivity contribution < 1.29 is 59.6 Å². The van der Waals surface area contributed by atoms with E-state index in [-0.39, 0.29) is 88.2 Å². The average Bonchev–Trinajstić information content (AvgIpc) is 1.36. The standard InChI is InChI=1S/C41H56O2.C38H52O2.C27H46O4.C26H44O4/c1-7-32-37-26-27(2)22-24-41(37,6)36-23-25-40(5)34(20-21-35(40)38(36)39(32)43-29(4)42)28(3)18-19-33(30-14-10-8-11-15-30)31-16-12-9-13-17-31;1-5-29-34-24-28(39)20-22-38(34,4)33-21-23-37(3)31(18-19-32(37)35(33)36(29)40)25(2)16-17-30(26-12-8-6-9-13-26)27-14-10-7-11-15-27;1-6-18-22-15-17(28)11-13-27(22,4)21-12-14-26(3)19(16(2)7-10-23(29)31-5)8-9-20(26)24(21)25(18)30;1-5-17-21-14-16(27)10-12-26(21,4)20-11-13-25(3)18(15(2)6-9-22(28)29)7-8-19(25)23(20)24(17)30/h8-17,19,27-28,32,34-39H,7,18,20-26H2,1-6H3;6-15,17,25,28-29,31-36,39-40H,5,16,18-24H2,1-4H3;16-22,24-25,28,30H,6-15H2,1-5H3;15-21,23-24,27,30H,5-14H2,1-4H3,(H,28,29)/t27-,28-,32-,34-,35?,36?,37+,38?,39-,40-,41-;25-,28-,29-,31-,32?,33?,34+,35?,36-,37-,38-;16-,17-,18-,19-,20?,21?,22+,24?,25-,26-,27-;15-,16-,17-,18-,19?,20?,21+,23?,24-,25-,26-/m1111/s1. The van der Waals surface area contributed by atoms with E-state index >= 15 is 0 Å². The lowest BCUT2D eigenvalue weighted by Gasteiger charge is -2.65. The highest BCUT2D eigenvalue weighted by Crippen LogP contribution is 2.76. The number of esters is 2. The Balaban J connectivity index is 0.000000133. The van der Waals surface area contributed by atoms with Crippen LogP contribution in [0.2, 0.25) is 0 Å². The highest BCUT2D eigenvalue weighted by Gasteiger charge is 2.71. The van der Waals surface area contributed by atoms with E-state index in [1.165, 1.54) is 163 Å². The monoisotopic (exact) mass is 1980 g/mol. The van der Waals surface area contributed by atoms with Crippen LogP contribution in [0.4, 0.5) is 0 Å². The number of benzene rings is 4. The molecule has 0 aromatic heterocycles. The van der Waals surface area contributed by atoms with Crippen molar-refractivity contribution in [3.05, 3.63) is 156 Å². The Labute approximate surface area is 872 Å². The number of ether oxygens (including phenoxy) is 2. The van der Waals surface area contributed by atoms with Gasteiger partial charge in [-0.1, -0.05) is 277 Å². The van der Waals surface area contributed by atoms with Crippen molar-refractivity contribution in [3.8, 4) is 0 Å². The summed E-state index contributed by atoms with van der Waals surface area (Å²) in [5.74, 6) is 14.9. The maximum absolute atomic E-state index is 12.7. The number of hydrogen-bond acceptors (Lipinski definition) is 11. The zero-order valence-electron chi connectivity index (χ0n) is 93.0. The van der Waals surface area contributed by atoms with Crippen LogP contribution >= 0.6 is 0 Å². The quantitative estimate of drug-likeness (QED) is 0.0346. The molecule has 20 rings (SSSR count). The number of aliphatic carboxylic acids is 1. The molecule has 4 aromatic rings. The number of allylic oxidation sites excluding steroid dienone is 2. The van der Waals surface area contributed by atoms with Crippen molar-refractivity contribution in [1.29, 1.82) is 0 Å². The Kier molecular flexibility index (Phi) is 34.0. The molecule has 16 aliphatic rings. The molecule has 0 bridgehead atoms. The summed E-state index contributed by atoms with van der Waals surface area (Å²) >= 11 is 0. The molecule has 0 saturated heterocycles. The molecule has 12 unspecified atom stereocenters. The second kappa shape index (κ2) is 44.7. The van der Waals surface area contributed by atoms with Crippen LogP contribution in [-0.2, 0) is 23.9 Å². The number of fused-ring (bicyclic) bond motifs is 20. The van der Waals surface area contributed by atoms with E-state index < -0.39 is 5.97 Å². The fourth-order valence-corrected chi connectivity index (χ4v) is 41.7. The molecular weight excluding hydrogens is 1780 g/mol. The molecule has 16 fully saturated rings. The van der Waals surface area contributed by atoms with Crippen molar-refractivity contribution in [2.75, 3.05) is 7.11 Å². The first-order valence-electron chi connectivity index (χ1n) is 59.9. The van der Waals surface area contributed by atoms with Crippen LogP contribution in [-0.4, -0.2) is 103 Å². The van der Waals surface area contributed by atoms with Crippen LogP contribution in [0.15, 0.2) is 133 Å². The number of carbonyl (C=O) groups is 3. The summed E-state index contributed by atoms with van der Waals surface area (Å²) in [6.07, 6.45) is 45.7. The molecule has 0 aliphatic heterocycles. The molecule has 16 aliphatic carbocycles. The van der Waals surface area contributed by atoms with Crippen LogP contribution < -0.4 is 0 Å². The molecule has 0 heterocycles. The lowest BCUT2D eigenvalue weighted by atomic mass is 9.41.